The van der Waals surface area contributed by atoms with Gasteiger partial charge < -0.3 is 4.57 Å². The maximum atomic E-state index is 5.33. The van der Waals surface area contributed by atoms with E-state index in [1.807, 2.05) is 11.3 Å². The Morgan fingerprint density at radius 1 is 0.339 bits per heavy atom. The van der Waals surface area contributed by atoms with Crippen LogP contribution in [-0.2, 0) is 0 Å². The Morgan fingerprint density at radius 3 is 1.46 bits per heavy atom. The zero-order valence-electron chi connectivity index (χ0n) is 30.4. The molecule has 0 spiro atoms. The lowest BCUT2D eigenvalue weighted by Gasteiger charge is -2.12. The molecule has 0 aliphatic carbocycles. The maximum absolute atomic E-state index is 5.33. The molecule has 0 radical (unpaired) electrons. The molecule has 2 nitrogen and oxygen atoms in total. The van der Waals surface area contributed by atoms with E-state index in [1.54, 1.807) is 0 Å². The summed E-state index contributed by atoms with van der Waals surface area (Å²) in [5, 5.41) is 5.15. The lowest BCUT2D eigenvalue weighted by Crippen LogP contribution is -1.92. The van der Waals surface area contributed by atoms with Crippen molar-refractivity contribution in [3.63, 3.8) is 0 Å². The van der Waals surface area contributed by atoms with Gasteiger partial charge in [0, 0.05) is 47.8 Å². The van der Waals surface area contributed by atoms with Gasteiger partial charge in [-0.05, 0) is 69.8 Å². The quantitative estimate of drug-likeness (QED) is 0.167. The van der Waals surface area contributed by atoms with Crippen LogP contribution in [-0.4, -0.2) is 9.55 Å². The second-order valence-electron chi connectivity index (χ2n) is 14.3. The van der Waals surface area contributed by atoms with E-state index in [0.29, 0.717) is 0 Å². The van der Waals surface area contributed by atoms with Crippen molar-refractivity contribution >= 4 is 53.3 Å². The van der Waals surface area contributed by atoms with E-state index in [4.69, 9.17) is 4.98 Å². The molecule has 0 aliphatic heterocycles. The van der Waals surface area contributed by atoms with Gasteiger partial charge in [0.15, 0.2) is 0 Å². The molecule has 3 heteroatoms. The van der Waals surface area contributed by atoms with Crippen LogP contribution < -0.4 is 0 Å². The van der Waals surface area contributed by atoms with Crippen molar-refractivity contribution in [3.05, 3.63) is 206 Å². The number of thiophene rings is 1. The third-order valence-corrected chi connectivity index (χ3v) is 12.3. The molecule has 3 heterocycles. The molecule has 0 aliphatic rings. The van der Waals surface area contributed by atoms with Crippen molar-refractivity contribution < 1.29 is 0 Å². The first-order valence-corrected chi connectivity index (χ1v) is 19.9. The molecule has 11 aromatic rings. The van der Waals surface area contributed by atoms with Crippen molar-refractivity contribution in [1.82, 2.24) is 9.55 Å². The molecule has 0 saturated heterocycles. The number of rotatable bonds is 6. The molecular weight excluding hydrogens is 697 g/mol. The van der Waals surface area contributed by atoms with Gasteiger partial charge in [-0.1, -0.05) is 170 Å². The molecule has 0 saturated carbocycles. The third-order valence-electron chi connectivity index (χ3n) is 11.0. The van der Waals surface area contributed by atoms with Crippen LogP contribution in [0.15, 0.2) is 206 Å². The third kappa shape index (κ3) is 5.44. The highest BCUT2D eigenvalue weighted by Crippen LogP contribution is 2.46. The molecule has 0 N–H and O–H groups in total. The number of pyridine rings is 1. The molecule has 0 unspecified atom stereocenters. The molecule has 0 fully saturated rings. The number of hydrogen-bond acceptors (Lipinski definition) is 2. The first-order chi connectivity index (χ1) is 27.8. The fraction of sp³-hybridized carbons (Fsp3) is 0. The topological polar surface area (TPSA) is 17.8 Å². The molecule has 0 amide bonds. The zero-order chi connectivity index (χ0) is 37.0. The van der Waals surface area contributed by atoms with Crippen molar-refractivity contribution in [1.29, 1.82) is 0 Å². The minimum atomic E-state index is 0.954. The van der Waals surface area contributed by atoms with Crippen LogP contribution in [0.2, 0.25) is 0 Å². The van der Waals surface area contributed by atoms with E-state index in [2.05, 4.69) is 211 Å². The van der Waals surface area contributed by atoms with E-state index in [1.165, 1.54) is 75.5 Å². The Hall–Kier alpha value is -7.07. The Balaban J connectivity index is 1.11. The Bertz CT molecular complexity index is 3100. The summed E-state index contributed by atoms with van der Waals surface area (Å²) < 4.78 is 5.01. The molecule has 262 valence electrons. The molecule has 8 aromatic carbocycles. The molecule has 3 aromatic heterocycles. The van der Waals surface area contributed by atoms with Crippen LogP contribution in [0.5, 0.6) is 0 Å². The Morgan fingerprint density at radius 2 is 0.839 bits per heavy atom. The summed E-state index contributed by atoms with van der Waals surface area (Å²) >= 11 is 1.90. The SMILES string of the molecule is c1ccc(-c2ccc(-c3cc(-c4cccc5c4sc4c5ccc5c4c4ccccc4n5-c4ccccc4)cc(-c4ccc(-c5ccccc5)cc4)n3)cc2)cc1. The number of fused-ring (bicyclic) bond motifs is 7. The summed E-state index contributed by atoms with van der Waals surface area (Å²) in [6.45, 7) is 0. The summed E-state index contributed by atoms with van der Waals surface area (Å²) in [5.74, 6) is 0. The monoisotopic (exact) mass is 730 g/mol. The number of benzene rings is 8. The summed E-state index contributed by atoms with van der Waals surface area (Å²) in [5.41, 5.74) is 14.9. The first kappa shape index (κ1) is 32.4. The minimum absolute atomic E-state index is 0.954. The van der Waals surface area contributed by atoms with E-state index >= 15 is 0 Å². The normalized spacial score (nSPS) is 11.6. The zero-order valence-corrected chi connectivity index (χ0v) is 31.2. The van der Waals surface area contributed by atoms with Crippen LogP contribution in [0.4, 0.5) is 0 Å². The van der Waals surface area contributed by atoms with Crippen molar-refractivity contribution in [2.24, 2.45) is 0 Å². The van der Waals surface area contributed by atoms with E-state index in [9.17, 15) is 0 Å². The number of nitrogens with zero attached hydrogens (tertiary/aromatic N) is 2. The summed E-state index contributed by atoms with van der Waals surface area (Å²) in [4.78, 5) is 5.33. The molecule has 0 atom stereocenters. The Labute approximate surface area is 329 Å². The second-order valence-corrected chi connectivity index (χ2v) is 15.3. The average molecular weight is 731 g/mol. The van der Waals surface area contributed by atoms with Gasteiger partial charge in [0.25, 0.3) is 0 Å². The predicted octanol–water partition coefficient (Wildman–Crippen LogP) is 14.9. The molecule has 11 rings (SSSR count). The smallest absolute Gasteiger partial charge is 0.0715 e. The van der Waals surface area contributed by atoms with E-state index in [-0.39, 0.29) is 0 Å². The average Bonchev–Trinajstić information content (AvgIpc) is 3.83. The van der Waals surface area contributed by atoms with Gasteiger partial charge in [-0.25, -0.2) is 4.98 Å². The first-order valence-electron chi connectivity index (χ1n) is 19.0. The standard InChI is InChI=1S/C53H34N2S/c1-4-13-35(14-5-1)37-23-27-39(28-24-37)47-33-41(34-48(54-47)40-29-25-38(26-30-40)36-15-6-2-7-16-36)43-20-12-21-44-45-31-32-50-51(53(45)56-52(43)44)46-19-10-11-22-49(46)55(50)42-17-8-3-9-18-42/h1-34H. The lowest BCUT2D eigenvalue weighted by atomic mass is 9.97. The molecular formula is C53H34N2S. The van der Waals surface area contributed by atoms with Crippen molar-refractivity contribution in [2.75, 3.05) is 0 Å². The maximum Gasteiger partial charge on any atom is 0.0715 e. The lowest BCUT2D eigenvalue weighted by molar-refractivity contribution is 1.18. The van der Waals surface area contributed by atoms with Gasteiger partial charge >= 0.3 is 0 Å². The van der Waals surface area contributed by atoms with Gasteiger partial charge in [0.1, 0.15) is 0 Å². The van der Waals surface area contributed by atoms with Gasteiger partial charge in [-0.2, -0.15) is 0 Å². The predicted molar refractivity (Wildman–Crippen MR) is 239 cm³/mol. The molecule has 0 bridgehead atoms. The van der Waals surface area contributed by atoms with E-state index < -0.39 is 0 Å². The van der Waals surface area contributed by atoms with Gasteiger partial charge in [-0.15, -0.1) is 11.3 Å². The summed E-state index contributed by atoms with van der Waals surface area (Å²) in [6, 6.07) is 74.2. The highest BCUT2D eigenvalue weighted by atomic mass is 32.1. The second kappa shape index (κ2) is 13.3. The van der Waals surface area contributed by atoms with Crippen LogP contribution in [0.1, 0.15) is 0 Å². The summed E-state index contributed by atoms with van der Waals surface area (Å²) in [7, 11) is 0. The van der Waals surface area contributed by atoms with E-state index in [0.717, 1.165) is 28.1 Å². The van der Waals surface area contributed by atoms with Crippen LogP contribution in [0, 0.1) is 0 Å². The van der Waals surface area contributed by atoms with Gasteiger partial charge in [-0.3, -0.25) is 0 Å². The number of aromatic nitrogens is 2. The fourth-order valence-electron chi connectivity index (χ4n) is 8.30. The van der Waals surface area contributed by atoms with Crippen molar-refractivity contribution in [3.8, 4) is 61.6 Å². The van der Waals surface area contributed by atoms with Crippen LogP contribution in [0.3, 0.4) is 0 Å². The number of para-hydroxylation sites is 2. The molecule has 56 heavy (non-hydrogen) atoms. The van der Waals surface area contributed by atoms with Crippen LogP contribution >= 0.6 is 11.3 Å². The van der Waals surface area contributed by atoms with Gasteiger partial charge in [0.2, 0.25) is 0 Å². The summed E-state index contributed by atoms with van der Waals surface area (Å²) in [6.07, 6.45) is 0. The van der Waals surface area contributed by atoms with Crippen molar-refractivity contribution in [2.45, 2.75) is 0 Å². The largest absolute Gasteiger partial charge is 0.309 e. The number of hydrogen-bond donors (Lipinski definition) is 0. The fourth-order valence-corrected chi connectivity index (χ4v) is 9.69. The van der Waals surface area contributed by atoms with Gasteiger partial charge in [0.05, 0.1) is 22.4 Å². The highest BCUT2D eigenvalue weighted by molar-refractivity contribution is 7.27. The minimum Gasteiger partial charge on any atom is -0.309 e. The van der Waals surface area contributed by atoms with Crippen LogP contribution in [0.25, 0.3) is 104 Å². The Kier molecular flexibility index (Phi) is 7.72. The highest BCUT2D eigenvalue weighted by Gasteiger charge is 2.19.